The van der Waals surface area contributed by atoms with Crippen LogP contribution in [-0.4, -0.2) is 15.0 Å². The quantitative estimate of drug-likeness (QED) is 0.155. The van der Waals surface area contributed by atoms with Gasteiger partial charge in [0.1, 0.15) is 11.4 Å². The molecule has 57 heavy (non-hydrogen) atoms. The molecule has 0 saturated carbocycles. The third-order valence-corrected chi connectivity index (χ3v) is 10.0. The molecule has 0 bridgehead atoms. The van der Waals surface area contributed by atoms with Crippen LogP contribution in [0, 0.1) is 17.9 Å². The molecule has 0 saturated heterocycles. The zero-order valence-electron chi connectivity index (χ0n) is 33.3. The summed E-state index contributed by atoms with van der Waals surface area (Å²) in [6.07, 6.45) is 3.50. The van der Waals surface area contributed by atoms with E-state index in [-0.39, 0.29) is 25.9 Å². The second kappa shape index (κ2) is 16.1. The Morgan fingerprint density at radius 1 is 0.596 bits per heavy atom. The molecule has 10 rings (SSSR count). The first-order chi connectivity index (χ1) is 28.0. The number of benzene rings is 5. The van der Waals surface area contributed by atoms with Crippen molar-refractivity contribution in [2.75, 3.05) is 0 Å². The van der Waals surface area contributed by atoms with E-state index < -0.39 is 11.8 Å². The van der Waals surface area contributed by atoms with Gasteiger partial charge in [0.15, 0.2) is 0 Å². The first-order valence-corrected chi connectivity index (χ1v) is 18.4. The summed E-state index contributed by atoms with van der Waals surface area (Å²) in [7, 11) is 0. The molecule has 0 spiro atoms. The molecule has 0 aliphatic heterocycles. The second-order valence-electron chi connectivity index (χ2n) is 13.8. The van der Waals surface area contributed by atoms with Crippen LogP contribution in [0.2, 0.25) is 0 Å². The molecule has 5 aromatic carbocycles. The van der Waals surface area contributed by atoms with E-state index in [0.29, 0.717) is 22.7 Å². The van der Waals surface area contributed by atoms with Gasteiger partial charge >= 0.3 is 0 Å². The number of halogens is 1. The molecule has 1 atom stereocenters. The van der Waals surface area contributed by atoms with Crippen molar-refractivity contribution in [2.45, 2.75) is 32.6 Å². The SMILES string of the molecule is [2H]C(C)(C)c1ccc2c(c1)oc1c(-c3ccccn3)[c-]ccc12.[2H]C(C)(c1ccccc1)c1ccc2c(n1)oc1c(-c3cc(-c4ccc(F)cc4)ccn3)[c-]ccc12.[Ir]. The smallest absolute Gasteiger partial charge is 0.216 e. The largest absolute Gasteiger partial charge is 0.501 e. The molecule has 5 aromatic heterocycles. The van der Waals surface area contributed by atoms with Crippen LogP contribution in [-0.2, 0) is 20.1 Å². The number of furan rings is 2. The predicted octanol–water partition coefficient (Wildman–Crippen LogP) is 13.4. The van der Waals surface area contributed by atoms with Crippen LogP contribution in [0.3, 0.4) is 0 Å². The van der Waals surface area contributed by atoms with Crippen LogP contribution >= 0.6 is 0 Å². The summed E-state index contributed by atoms with van der Waals surface area (Å²) in [5, 5.41) is 3.89. The Bertz CT molecular complexity index is 3090. The summed E-state index contributed by atoms with van der Waals surface area (Å²) in [5.41, 5.74) is 10.1. The van der Waals surface area contributed by atoms with Crippen LogP contribution in [0.15, 0.2) is 161 Å². The van der Waals surface area contributed by atoms with Gasteiger partial charge in [0.2, 0.25) is 5.71 Å². The van der Waals surface area contributed by atoms with Gasteiger partial charge in [-0.25, -0.2) is 9.37 Å². The van der Waals surface area contributed by atoms with Crippen molar-refractivity contribution in [3.8, 4) is 33.6 Å². The van der Waals surface area contributed by atoms with E-state index in [1.165, 1.54) is 12.1 Å². The van der Waals surface area contributed by atoms with Crippen molar-refractivity contribution in [1.29, 1.82) is 0 Å². The van der Waals surface area contributed by atoms with Crippen LogP contribution in [0.4, 0.5) is 4.39 Å². The Kier molecular flexibility index (Phi) is 9.91. The average molecular weight is 924 g/mol. The Morgan fingerprint density at radius 2 is 1.28 bits per heavy atom. The molecule has 0 N–H and O–H groups in total. The number of nitrogens with zero attached hydrogens (tertiary/aromatic N) is 3. The number of hydrogen-bond acceptors (Lipinski definition) is 5. The van der Waals surface area contributed by atoms with Gasteiger partial charge < -0.3 is 18.8 Å². The molecule has 0 fully saturated rings. The molecule has 7 heteroatoms. The monoisotopic (exact) mass is 924 g/mol. The minimum Gasteiger partial charge on any atom is -0.501 e. The molecular weight excluding hydrogens is 886 g/mol. The van der Waals surface area contributed by atoms with E-state index in [1.807, 2.05) is 136 Å². The minimum absolute atomic E-state index is 0. The van der Waals surface area contributed by atoms with Gasteiger partial charge in [0.05, 0.1) is 16.9 Å². The first kappa shape index (κ1) is 35.2. The molecule has 5 heterocycles. The Labute approximate surface area is 346 Å². The molecule has 0 aliphatic carbocycles. The van der Waals surface area contributed by atoms with Gasteiger partial charge in [-0.15, -0.1) is 36.4 Å². The zero-order valence-corrected chi connectivity index (χ0v) is 33.7. The fourth-order valence-electron chi connectivity index (χ4n) is 7.00. The summed E-state index contributed by atoms with van der Waals surface area (Å²) < 4.78 is 42.9. The standard InChI is InChI=1S/C30H20FN2O.C20H16NO.Ir/c1-19(20-6-3-2-4-7-20)27-15-14-25-24-8-5-9-26(29(24)34-30(25)33-27)28-18-22(16-17-32-28)21-10-12-23(31)13-11-21;1-13(2)14-9-10-15-16-6-5-7-17(18-8-3-4-11-21-18)20(16)22-19(15)12-14;/h2-8,10-19H,1H3;3-6,8-13H,1-2H3;/q2*-1;/i19D;13D;. The number of fused-ring (bicyclic) bond motifs is 6. The summed E-state index contributed by atoms with van der Waals surface area (Å²) in [5.74, 6) is -1.94. The zero-order chi connectivity index (χ0) is 40.0. The van der Waals surface area contributed by atoms with Crippen molar-refractivity contribution in [1.82, 2.24) is 15.0 Å². The maximum Gasteiger partial charge on any atom is 0.216 e. The van der Waals surface area contributed by atoms with Crippen LogP contribution in [0.1, 0.15) is 52.1 Å². The Hall–Kier alpha value is -6.27. The molecular formula is C50H36FIrN3O2-2. The van der Waals surface area contributed by atoms with Crippen molar-refractivity contribution >= 4 is 44.0 Å². The van der Waals surface area contributed by atoms with E-state index in [0.717, 1.165) is 71.8 Å². The van der Waals surface area contributed by atoms with E-state index in [1.54, 1.807) is 24.5 Å². The molecule has 1 radical (unpaired) electrons. The van der Waals surface area contributed by atoms with Crippen molar-refractivity contribution in [2.24, 2.45) is 0 Å². The van der Waals surface area contributed by atoms with E-state index in [2.05, 4.69) is 22.1 Å². The van der Waals surface area contributed by atoms with Gasteiger partial charge in [0, 0.05) is 51.9 Å². The summed E-state index contributed by atoms with van der Waals surface area (Å²) >= 11 is 0. The number of rotatable bonds is 6. The van der Waals surface area contributed by atoms with Crippen molar-refractivity contribution in [3.63, 3.8) is 0 Å². The summed E-state index contributed by atoms with van der Waals surface area (Å²) in [6, 6.07) is 49.8. The van der Waals surface area contributed by atoms with E-state index in [9.17, 15) is 4.39 Å². The van der Waals surface area contributed by atoms with Gasteiger partial charge in [-0.3, -0.25) is 0 Å². The number of pyridine rings is 3. The maximum atomic E-state index is 13.4. The van der Waals surface area contributed by atoms with Gasteiger partial charge in [0.25, 0.3) is 0 Å². The molecule has 0 amide bonds. The van der Waals surface area contributed by atoms with Crippen LogP contribution in [0.25, 0.3) is 77.6 Å². The first-order valence-electron chi connectivity index (χ1n) is 19.4. The predicted molar refractivity (Wildman–Crippen MR) is 223 cm³/mol. The van der Waals surface area contributed by atoms with E-state index >= 15 is 0 Å². The molecule has 281 valence electrons. The Morgan fingerprint density at radius 3 is 2.02 bits per heavy atom. The molecule has 1 unspecified atom stereocenters. The topological polar surface area (TPSA) is 65.0 Å². The Balaban J connectivity index is 0.000000175. The fourth-order valence-corrected chi connectivity index (χ4v) is 7.00. The van der Waals surface area contributed by atoms with E-state index in [4.69, 9.17) is 16.6 Å². The molecule has 0 aliphatic rings. The molecule has 5 nitrogen and oxygen atoms in total. The van der Waals surface area contributed by atoms with Gasteiger partial charge in [-0.2, -0.15) is 0 Å². The number of hydrogen-bond donors (Lipinski definition) is 0. The number of aromatic nitrogens is 3. The van der Waals surface area contributed by atoms with Gasteiger partial charge in [-0.05, 0) is 82.0 Å². The maximum absolute atomic E-state index is 13.4. The van der Waals surface area contributed by atoms with Crippen molar-refractivity contribution < 1.29 is 36.1 Å². The summed E-state index contributed by atoms with van der Waals surface area (Å²) in [4.78, 5) is 13.7. The third kappa shape index (κ3) is 7.40. The van der Waals surface area contributed by atoms with Crippen LogP contribution in [0.5, 0.6) is 0 Å². The second-order valence-corrected chi connectivity index (χ2v) is 13.8. The third-order valence-electron chi connectivity index (χ3n) is 10.0. The van der Waals surface area contributed by atoms with Gasteiger partial charge in [-0.1, -0.05) is 115 Å². The average Bonchev–Trinajstić information content (AvgIpc) is 3.82. The van der Waals surface area contributed by atoms with Crippen molar-refractivity contribution in [3.05, 3.63) is 187 Å². The normalized spacial score (nSPS) is 13.1. The fraction of sp³-hybridized carbons (Fsp3) is 0.100. The minimum atomic E-state index is -1.02. The van der Waals surface area contributed by atoms with Crippen LogP contribution < -0.4 is 0 Å². The summed E-state index contributed by atoms with van der Waals surface area (Å²) in [6.45, 7) is 5.59. The molecule has 10 aromatic rings.